The maximum Gasteiger partial charge on any atom is 0.252 e. The number of primary amides is 2. The third-order valence-electron chi connectivity index (χ3n) is 8.31. The number of hydrogen-bond acceptors (Lipinski definition) is 12. The Balaban J connectivity index is 1.15. The maximum absolute atomic E-state index is 11.7. The lowest BCUT2D eigenvalue weighted by molar-refractivity contribution is -0.178. The smallest absolute Gasteiger partial charge is 0.252 e. The molecule has 1 aliphatic rings. The minimum Gasteiger partial charge on any atom is -0.387 e. The number of rotatable bonds is 19. The normalized spacial score (nSPS) is 18.0. The monoisotopic (exact) mass is 724 g/mol. The molecule has 0 bridgehead atoms. The molecule has 0 spiro atoms. The van der Waals surface area contributed by atoms with Crippen LogP contribution in [0.3, 0.4) is 0 Å². The molecule has 49 heavy (non-hydrogen) atoms. The minimum absolute atomic E-state index is 0.0752. The zero-order chi connectivity index (χ0) is 35.7. The van der Waals surface area contributed by atoms with Crippen molar-refractivity contribution in [3.8, 4) is 11.3 Å². The second-order valence-corrected chi connectivity index (χ2v) is 12.7. The Kier molecular flexibility index (Phi) is 13.9. The Bertz CT molecular complexity index is 1580. The number of ether oxygens (including phenoxy) is 3. The first kappa shape index (κ1) is 38.6. The van der Waals surface area contributed by atoms with Crippen molar-refractivity contribution in [2.45, 2.75) is 49.3 Å². The van der Waals surface area contributed by atoms with Crippen LogP contribution in [0.4, 0.5) is 0 Å². The number of carbonyl (C=O) groups excluding carboxylic acids is 2. The Labute approximate surface area is 293 Å². The van der Waals surface area contributed by atoms with E-state index in [1.165, 1.54) is 0 Å². The summed E-state index contributed by atoms with van der Waals surface area (Å²) in [6, 6.07) is 12.0. The summed E-state index contributed by atoms with van der Waals surface area (Å²) in [6.07, 6.45) is -5.40. The molecule has 2 heterocycles. The van der Waals surface area contributed by atoms with Gasteiger partial charge in [0.25, 0.3) is 5.91 Å². The molecular weight excluding hydrogens is 683 g/mol. The topological polar surface area (TPSA) is 229 Å². The molecule has 8 N–H and O–H groups in total. The number of carbonyl (C=O) groups is 2. The van der Waals surface area contributed by atoms with Crippen molar-refractivity contribution in [3.05, 3.63) is 69.3 Å². The van der Waals surface area contributed by atoms with E-state index in [1.54, 1.807) is 10.7 Å². The first-order valence-electron chi connectivity index (χ1n) is 15.6. The highest BCUT2D eigenvalue weighted by molar-refractivity contribution is 6.35. The maximum atomic E-state index is 11.7. The highest BCUT2D eigenvalue weighted by Crippen LogP contribution is 2.39. The van der Waals surface area contributed by atoms with Gasteiger partial charge in [-0.15, -0.1) is 5.10 Å². The van der Waals surface area contributed by atoms with Gasteiger partial charge in [-0.25, -0.2) is 4.68 Å². The lowest BCUT2D eigenvalue weighted by Crippen LogP contribution is -2.61. The van der Waals surface area contributed by atoms with E-state index in [1.807, 2.05) is 24.4 Å². The van der Waals surface area contributed by atoms with E-state index in [-0.39, 0.29) is 32.3 Å². The molecule has 0 saturated heterocycles. The van der Waals surface area contributed by atoms with Crippen LogP contribution in [0.2, 0.25) is 10.0 Å². The van der Waals surface area contributed by atoms with E-state index in [0.29, 0.717) is 29.8 Å². The van der Waals surface area contributed by atoms with Crippen LogP contribution in [0.5, 0.6) is 0 Å². The van der Waals surface area contributed by atoms with Crippen molar-refractivity contribution in [1.82, 2.24) is 19.9 Å². The Morgan fingerprint density at radius 1 is 1.02 bits per heavy atom. The van der Waals surface area contributed by atoms with Gasteiger partial charge in [0.1, 0.15) is 17.9 Å². The zero-order valence-corrected chi connectivity index (χ0v) is 28.5. The van der Waals surface area contributed by atoms with Gasteiger partial charge in [0.05, 0.1) is 52.4 Å². The molecule has 1 aliphatic heterocycles. The van der Waals surface area contributed by atoms with E-state index in [2.05, 4.69) is 34.4 Å². The number of fused-ring (bicyclic) bond motifs is 1. The third kappa shape index (κ3) is 9.94. The third-order valence-corrected chi connectivity index (χ3v) is 8.86. The molecule has 4 unspecified atom stereocenters. The van der Waals surface area contributed by atoms with Gasteiger partial charge in [-0.3, -0.25) is 9.59 Å². The first-order chi connectivity index (χ1) is 23.3. The van der Waals surface area contributed by atoms with E-state index >= 15 is 0 Å². The summed E-state index contributed by atoms with van der Waals surface area (Å²) in [5.74, 6) is -2.63. The molecule has 1 aromatic heterocycles. The largest absolute Gasteiger partial charge is 0.387 e. The summed E-state index contributed by atoms with van der Waals surface area (Å²) in [5.41, 5.74) is 12.4. The molecule has 2 amide bonds. The Morgan fingerprint density at radius 2 is 1.69 bits per heavy atom. The fourth-order valence-corrected chi connectivity index (χ4v) is 6.12. The van der Waals surface area contributed by atoms with Crippen LogP contribution in [0, 0.1) is 0 Å². The van der Waals surface area contributed by atoms with Crippen LogP contribution in [0.15, 0.2) is 42.6 Å². The summed E-state index contributed by atoms with van der Waals surface area (Å²) >= 11 is 12.9. The van der Waals surface area contributed by atoms with E-state index in [4.69, 9.17) is 48.9 Å². The Morgan fingerprint density at radius 3 is 2.37 bits per heavy atom. The minimum atomic E-state index is -2.68. The number of halogens is 2. The quantitative estimate of drug-likeness (QED) is 0.0902. The second-order valence-electron chi connectivity index (χ2n) is 11.9. The van der Waals surface area contributed by atoms with Crippen LogP contribution in [-0.4, -0.2) is 129 Å². The fraction of sp³-hybridized carbons (Fsp3) is 0.500. The number of benzene rings is 2. The lowest BCUT2D eigenvalue weighted by Gasteiger charge is -2.33. The summed E-state index contributed by atoms with van der Waals surface area (Å²) in [7, 11) is 2.08. The first-order valence-corrected chi connectivity index (χ1v) is 16.3. The summed E-state index contributed by atoms with van der Waals surface area (Å²) in [4.78, 5) is 25.0. The Hall–Kier alpha value is -3.22. The summed E-state index contributed by atoms with van der Waals surface area (Å²) in [6.45, 7) is 3.02. The van der Waals surface area contributed by atoms with E-state index in [9.17, 15) is 30.0 Å². The van der Waals surface area contributed by atoms with Crippen LogP contribution in [-0.2, 0) is 36.9 Å². The van der Waals surface area contributed by atoms with Gasteiger partial charge in [-0.1, -0.05) is 46.6 Å². The van der Waals surface area contributed by atoms with Gasteiger partial charge in [0, 0.05) is 41.0 Å². The zero-order valence-electron chi connectivity index (χ0n) is 27.0. The number of aromatic nitrogens is 3. The summed E-state index contributed by atoms with van der Waals surface area (Å²) < 4.78 is 18.1. The highest BCUT2D eigenvalue weighted by atomic mass is 35.5. The van der Waals surface area contributed by atoms with Crippen LogP contribution >= 0.6 is 23.2 Å². The van der Waals surface area contributed by atoms with Crippen molar-refractivity contribution in [2.24, 2.45) is 11.5 Å². The number of aliphatic hydroxyl groups is 4. The average molecular weight is 726 g/mol. The van der Waals surface area contributed by atoms with Crippen molar-refractivity contribution >= 4 is 35.0 Å². The molecule has 15 nitrogen and oxygen atoms in total. The van der Waals surface area contributed by atoms with E-state index < -0.39 is 42.1 Å². The van der Waals surface area contributed by atoms with Crippen LogP contribution < -0.4 is 11.5 Å². The molecule has 4 rings (SSSR count). The average Bonchev–Trinajstić information content (AvgIpc) is 3.55. The molecule has 3 aromatic rings. The number of hydrogen-bond donors (Lipinski definition) is 6. The number of amides is 2. The van der Waals surface area contributed by atoms with Crippen molar-refractivity contribution in [3.63, 3.8) is 0 Å². The van der Waals surface area contributed by atoms with Gasteiger partial charge in [0.15, 0.2) is 11.7 Å². The van der Waals surface area contributed by atoms with Crippen LogP contribution in [0.25, 0.3) is 11.3 Å². The molecule has 0 saturated carbocycles. The van der Waals surface area contributed by atoms with Gasteiger partial charge in [-0.05, 0) is 41.9 Å². The molecule has 268 valence electrons. The fourth-order valence-electron chi connectivity index (χ4n) is 5.55. The molecule has 0 radical (unpaired) electrons. The van der Waals surface area contributed by atoms with Crippen molar-refractivity contribution < 1.29 is 44.2 Å². The predicted molar refractivity (Wildman–Crippen MR) is 179 cm³/mol. The van der Waals surface area contributed by atoms with Gasteiger partial charge in [0.2, 0.25) is 5.91 Å². The molecule has 2 aromatic carbocycles. The van der Waals surface area contributed by atoms with Gasteiger partial charge >= 0.3 is 0 Å². The molecule has 17 heteroatoms. The number of aliphatic hydroxyl groups excluding tert-OH is 3. The number of nitrogens with two attached hydrogens (primary N) is 2. The van der Waals surface area contributed by atoms with E-state index in [0.717, 1.165) is 41.0 Å². The second kappa shape index (κ2) is 17.6. The highest BCUT2D eigenvalue weighted by Gasteiger charge is 2.48. The molecular formula is C32H42Cl2N6O9. The molecule has 5 atom stereocenters. The SMILES string of the molecule is CN1Cc2c(Cl)cc(Cl)cc2[C@H](c2cccc(-c3cn(CCOCCOCCOCCC(O)(C(N)=O)C(O)C(O)C(O)C(N)=O)nn3)c2)C1. The van der Waals surface area contributed by atoms with Gasteiger partial charge in [-0.2, -0.15) is 0 Å². The van der Waals surface area contributed by atoms with Crippen LogP contribution in [0.1, 0.15) is 29.0 Å². The standard InChI is InChI=1S/C32H42Cl2N6O9/c1-39-16-23(22-14-21(33)15-25(34)24(22)17-39)19-3-2-4-20(13-19)26-18-40(38-37-26)6-8-48-10-12-49-11-9-47-7-5-32(46,31(36)45)29(43)27(41)28(42)30(35)44/h2-4,13-15,18,23,27-29,41-43,46H,5-12,16-17H2,1H3,(H2,35,44)(H2,36,45)/t23-,27?,28?,29?,32?/m0/s1. The predicted octanol–water partition coefficient (Wildman–Crippen LogP) is 0.0535. The van der Waals surface area contributed by atoms with Gasteiger partial charge < -0.3 is 51.0 Å². The molecule has 0 aliphatic carbocycles. The van der Waals surface area contributed by atoms with Crippen molar-refractivity contribution in [2.75, 3.05) is 53.2 Å². The lowest BCUT2D eigenvalue weighted by atomic mass is 9.84. The number of likely N-dealkylation sites (N-methyl/N-ethyl adjacent to an activating group) is 1. The summed E-state index contributed by atoms with van der Waals surface area (Å²) in [5, 5.41) is 49.8. The van der Waals surface area contributed by atoms with Crippen molar-refractivity contribution in [1.29, 1.82) is 0 Å². The molecule has 0 fully saturated rings. The number of nitrogens with zero attached hydrogens (tertiary/aromatic N) is 4.